The zero-order valence-corrected chi connectivity index (χ0v) is 10.1. The highest BCUT2D eigenvalue weighted by Gasteiger charge is 2.31. The van der Waals surface area contributed by atoms with Gasteiger partial charge in [0.05, 0.1) is 6.61 Å². The Morgan fingerprint density at radius 1 is 1.47 bits per heavy atom. The number of ether oxygens (including phenoxy) is 1. The van der Waals surface area contributed by atoms with Gasteiger partial charge in [-0.25, -0.2) is 0 Å². The highest BCUT2D eigenvalue weighted by atomic mass is 16.5. The summed E-state index contributed by atoms with van der Waals surface area (Å²) in [5, 5.41) is 13.4. The molecule has 90 valence electrons. The molecule has 15 heavy (non-hydrogen) atoms. The third-order valence-corrected chi connectivity index (χ3v) is 3.10. The Morgan fingerprint density at radius 3 is 2.87 bits per heavy atom. The Bertz CT molecular complexity index is 167. The van der Waals surface area contributed by atoms with Crippen LogP contribution in [0.4, 0.5) is 0 Å². The van der Waals surface area contributed by atoms with E-state index in [-0.39, 0.29) is 0 Å². The summed E-state index contributed by atoms with van der Waals surface area (Å²) in [6.07, 6.45) is 5.82. The first-order valence-corrected chi connectivity index (χ1v) is 6.20. The summed E-state index contributed by atoms with van der Waals surface area (Å²) >= 11 is 0. The van der Waals surface area contributed by atoms with Gasteiger partial charge in [0.1, 0.15) is 5.60 Å². The summed E-state index contributed by atoms with van der Waals surface area (Å²) in [7, 11) is 0. The third kappa shape index (κ3) is 4.96. The maximum Gasteiger partial charge on any atom is 0.102 e. The lowest BCUT2D eigenvalue weighted by atomic mass is 10.0. The van der Waals surface area contributed by atoms with Crippen LogP contribution in [0.1, 0.15) is 46.0 Å². The second-order valence-electron chi connectivity index (χ2n) is 4.80. The molecule has 1 saturated heterocycles. The standard InChI is InChI=1S/C12H25NO2/c1-3-4-5-6-11(2)13-9-12(14)7-8-15-10-12/h11,13-14H,3-10H2,1-2H3. The van der Waals surface area contributed by atoms with Crippen molar-refractivity contribution < 1.29 is 9.84 Å². The number of hydrogen-bond acceptors (Lipinski definition) is 3. The van der Waals surface area contributed by atoms with E-state index in [2.05, 4.69) is 19.2 Å². The van der Waals surface area contributed by atoms with Crippen LogP contribution in [-0.4, -0.2) is 36.5 Å². The normalized spacial score (nSPS) is 28.2. The number of aliphatic hydroxyl groups is 1. The van der Waals surface area contributed by atoms with Gasteiger partial charge in [-0.1, -0.05) is 26.2 Å². The molecule has 3 nitrogen and oxygen atoms in total. The van der Waals surface area contributed by atoms with Crippen molar-refractivity contribution in [3.05, 3.63) is 0 Å². The first-order valence-electron chi connectivity index (χ1n) is 6.20. The molecule has 0 spiro atoms. The molecule has 0 aromatic rings. The van der Waals surface area contributed by atoms with E-state index in [9.17, 15) is 5.11 Å². The van der Waals surface area contributed by atoms with Gasteiger partial charge in [-0.2, -0.15) is 0 Å². The monoisotopic (exact) mass is 215 g/mol. The predicted octanol–water partition coefficient (Wildman–Crippen LogP) is 1.70. The largest absolute Gasteiger partial charge is 0.386 e. The summed E-state index contributed by atoms with van der Waals surface area (Å²) in [6.45, 7) is 6.26. The van der Waals surface area contributed by atoms with Crippen molar-refractivity contribution in [1.29, 1.82) is 0 Å². The minimum absolute atomic E-state index is 0.488. The van der Waals surface area contributed by atoms with Crippen molar-refractivity contribution in [2.75, 3.05) is 19.8 Å². The zero-order chi connectivity index (χ0) is 11.1. The summed E-state index contributed by atoms with van der Waals surface area (Å²) in [6, 6.07) is 0.501. The molecule has 0 amide bonds. The molecule has 1 heterocycles. The Morgan fingerprint density at radius 2 is 2.27 bits per heavy atom. The topological polar surface area (TPSA) is 41.5 Å². The van der Waals surface area contributed by atoms with E-state index >= 15 is 0 Å². The van der Waals surface area contributed by atoms with Crippen molar-refractivity contribution in [1.82, 2.24) is 5.32 Å². The second-order valence-corrected chi connectivity index (χ2v) is 4.80. The summed E-state index contributed by atoms with van der Waals surface area (Å²) in [5.74, 6) is 0. The molecule has 2 N–H and O–H groups in total. The zero-order valence-electron chi connectivity index (χ0n) is 10.1. The van der Waals surface area contributed by atoms with Crippen LogP contribution < -0.4 is 5.32 Å². The highest BCUT2D eigenvalue weighted by molar-refractivity contribution is 4.85. The van der Waals surface area contributed by atoms with E-state index < -0.39 is 5.60 Å². The molecule has 0 radical (unpaired) electrons. The van der Waals surface area contributed by atoms with Gasteiger partial charge in [-0.15, -0.1) is 0 Å². The molecular formula is C12H25NO2. The summed E-state index contributed by atoms with van der Waals surface area (Å²) in [5.41, 5.74) is -0.612. The van der Waals surface area contributed by atoms with Crippen LogP contribution in [0.2, 0.25) is 0 Å². The van der Waals surface area contributed by atoms with Gasteiger partial charge in [0.2, 0.25) is 0 Å². The molecule has 0 aromatic heterocycles. The number of hydrogen-bond donors (Lipinski definition) is 2. The molecule has 0 saturated carbocycles. The van der Waals surface area contributed by atoms with Crippen molar-refractivity contribution in [3.8, 4) is 0 Å². The fraction of sp³-hybridized carbons (Fsp3) is 1.00. The summed E-state index contributed by atoms with van der Waals surface area (Å²) < 4.78 is 5.20. The van der Waals surface area contributed by atoms with Crippen molar-refractivity contribution in [3.63, 3.8) is 0 Å². The lowest BCUT2D eigenvalue weighted by Gasteiger charge is -2.23. The van der Waals surface area contributed by atoms with Crippen molar-refractivity contribution >= 4 is 0 Å². The van der Waals surface area contributed by atoms with Crippen LogP contribution in [0.3, 0.4) is 0 Å². The van der Waals surface area contributed by atoms with E-state index in [1.54, 1.807) is 0 Å². The van der Waals surface area contributed by atoms with E-state index in [0.29, 0.717) is 25.8 Å². The quantitative estimate of drug-likeness (QED) is 0.635. The van der Waals surface area contributed by atoms with Gasteiger partial charge in [0.25, 0.3) is 0 Å². The molecule has 0 aromatic carbocycles. The molecule has 0 bridgehead atoms. The minimum atomic E-state index is -0.612. The summed E-state index contributed by atoms with van der Waals surface area (Å²) in [4.78, 5) is 0. The second kappa shape index (κ2) is 6.46. The van der Waals surface area contributed by atoms with Gasteiger partial charge in [0.15, 0.2) is 0 Å². The van der Waals surface area contributed by atoms with Crippen LogP contribution >= 0.6 is 0 Å². The number of nitrogens with one attached hydrogen (secondary N) is 1. The fourth-order valence-corrected chi connectivity index (χ4v) is 1.90. The molecule has 1 aliphatic heterocycles. The van der Waals surface area contributed by atoms with E-state index in [1.807, 2.05) is 0 Å². The van der Waals surface area contributed by atoms with Gasteiger partial charge < -0.3 is 15.2 Å². The van der Waals surface area contributed by atoms with Gasteiger partial charge >= 0.3 is 0 Å². The molecule has 3 heteroatoms. The molecule has 2 atom stereocenters. The SMILES string of the molecule is CCCCCC(C)NCC1(O)CCOC1. The lowest BCUT2D eigenvalue weighted by Crippen LogP contribution is -2.44. The smallest absolute Gasteiger partial charge is 0.102 e. The predicted molar refractivity (Wildman–Crippen MR) is 62.0 cm³/mol. The van der Waals surface area contributed by atoms with Crippen LogP contribution in [0, 0.1) is 0 Å². The maximum atomic E-state index is 10.0. The Balaban J connectivity index is 2.07. The number of rotatable bonds is 7. The van der Waals surface area contributed by atoms with Crippen LogP contribution in [0.5, 0.6) is 0 Å². The molecule has 2 unspecified atom stereocenters. The molecule has 1 fully saturated rings. The highest BCUT2D eigenvalue weighted by Crippen LogP contribution is 2.17. The molecule has 1 rings (SSSR count). The first kappa shape index (κ1) is 12.9. The third-order valence-electron chi connectivity index (χ3n) is 3.10. The maximum absolute atomic E-state index is 10.0. The molecule has 1 aliphatic rings. The van der Waals surface area contributed by atoms with E-state index in [0.717, 1.165) is 6.42 Å². The van der Waals surface area contributed by atoms with Crippen molar-refractivity contribution in [2.24, 2.45) is 0 Å². The Labute approximate surface area is 93.2 Å². The minimum Gasteiger partial charge on any atom is -0.386 e. The van der Waals surface area contributed by atoms with Crippen LogP contribution in [-0.2, 0) is 4.74 Å². The molecular weight excluding hydrogens is 190 g/mol. The van der Waals surface area contributed by atoms with Crippen molar-refractivity contribution in [2.45, 2.75) is 57.6 Å². The molecule has 0 aliphatic carbocycles. The van der Waals surface area contributed by atoms with Crippen LogP contribution in [0.15, 0.2) is 0 Å². The lowest BCUT2D eigenvalue weighted by molar-refractivity contribution is 0.0250. The Hall–Kier alpha value is -0.120. The Kier molecular flexibility index (Phi) is 5.58. The van der Waals surface area contributed by atoms with E-state index in [1.165, 1.54) is 25.7 Å². The van der Waals surface area contributed by atoms with Gasteiger partial charge in [-0.05, 0) is 13.3 Å². The average molecular weight is 215 g/mol. The van der Waals surface area contributed by atoms with Gasteiger partial charge in [-0.3, -0.25) is 0 Å². The number of unbranched alkanes of at least 4 members (excludes halogenated alkanes) is 2. The van der Waals surface area contributed by atoms with Crippen LogP contribution in [0.25, 0.3) is 0 Å². The fourth-order valence-electron chi connectivity index (χ4n) is 1.90. The van der Waals surface area contributed by atoms with E-state index in [4.69, 9.17) is 4.74 Å². The average Bonchev–Trinajstić information content (AvgIpc) is 2.64. The van der Waals surface area contributed by atoms with Gasteiger partial charge in [0, 0.05) is 25.6 Å². The first-order chi connectivity index (χ1) is 7.16.